The zero-order valence-corrected chi connectivity index (χ0v) is 29.5. The van der Waals surface area contributed by atoms with E-state index in [2.05, 4.69) is 0 Å². The highest BCUT2D eigenvalue weighted by Crippen LogP contribution is 2.43. The average Bonchev–Trinajstić information content (AvgIpc) is 4.21. The molecular formula is C54H35N3. The van der Waals surface area contributed by atoms with Crippen molar-refractivity contribution in [1.29, 1.82) is 0 Å². The molecule has 12 rings (SSSR count). The second-order valence-electron chi connectivity index (χ2n) is 13.4. The van der Waals surface area contributed by atoms with E-state index in [1.807, 2.05) is 0 Å². The van der Waals surface area contributed by atoms with Crippen LogP contribution in [-0.4, -0.2) is 13.7 Å². The number of aromatic nitrogens is 3. The van der Waals surface area contributed by atoms with Crippen molar-refractivity contribution >= 4 is 65.4 Å². The SMILES string of the molecule is [2H]c1c([2H])c([2H])c2c(c1[2H])c1c([2H])c(-c3c([2H])c([2H])c4c(c3[2H])c3c([2H])c([2H])c([2H])c([2H])c3n4-c3c([2H])c(-c4ccccc4)c4c(c3[2H])c3c([2H])c([2H])c([2H])c([2H])c3n4-c3ccccc3)c([2H])c([2H])c1n2-c1ccccc1. The molecule has 0 saturated carbocycles. The van der Waals surface area contributed by atoms with Gasteiger partial charge in [-0.05, 0) is 95.3 Å². The molecule has 0 fully saturated rings. The number of nitrogens with zero attached hydrogens (tertiary/aromatic N) is 3. The van der Waals surface area contributed by atoms with Crippen LogP contribution >= 0.6 is 0 Å². The van der Waals surface area contributed by atoms with Gasteiger partial charge >= 0.3 is 0 Å². The first-order valence-corrected chi connectivity index (χ1v) is 18.0. The van der Waals surface area contributed by atoms with Gasteiger partial charge in [-0.3, -0.25) is 0 Å². The number of rotatable bonds is 5. The van der Waals surface area contributed by atoms with Crippen LogP contribution in [-0.2, 0) is 0 Å². The third-order valence-electron chi connectivity index (χ3n) is 10.2. The fourth-order valence-corrected chi connectivity index (χ4v) is 7.78. The molecule has 0 atom stereocenters. The Bertz CT molecular complexity index is 4660. The number of hydrogen-bond donors (Lipinski definition) is 0. The summed E-state index contributed by atoms with van der Waals surface area (Å²) in [7, 11) is 0. The Morgan fingerprint density at radius 2 is 0.719 bits per heavy atom. The third kappa shape index (κ3) is 4.79. The quantitative estimate of drug-likeness (QED) is 0.167. The van der Waals surface area contributed by atoms with Crippen molar-refractivity contribution in [2.24, 2.45) is 0 Å². The third-order valence-corrected chi connectivity index (χ3v) is 10.2. The van der Waals surface area contributed by atoms with Gasteiger partial charge < -0.3 is 13.7 Å². The molecule has 3 heterocycles. The maximum absolute atomic E-state index is 10.3. The molecule has 0 aliphatic heterocycles. The van der Waals surface area contributed by atoms with Crippen molar-refractivity contribution in [2.75, 3.05) is 0 Å². The minimum Gasteiger partial charge on any atom is -0.309 e. The van der Waals surface area contributed by atoms with Crippen molar-refractivity contribution in [3.63, 3.8) is 0 Å². The van der Waals surface area contributed by atoms with E-state index in [4.69, 9.17) is 11.0 Å². The van der Waals surface area contributed by atoms with Gasteiger partial charge in [-0.25, -0.2) is 0 Å². The van der Waals surface area contributed by atoms with Crippen LogP contribution in [0.1, 0.15) is 27.4 Å². The lowest BCUT2D eigenvalue weighted by molar-refractivity contribution is 1.17. The lowest BCUT2D eigenvalue weighted by atomic mass is 10.00. The zero-order valence-electron chi connectivity index (χ0n) is 49.5. The molecule has 57 heavy (non-hydrogen) atoms. The van der Waals surface area contributed by atoms with Crippen LogP contribution in [0.5, 0.6) is 0 Å². The Morgan fingerprint density at radius 3 is 1.26 bits per heavy atom. The molecule has 0 bridgehead atoms. The summed E-state index contributed by atoms with van der Waals surface area (Å²) in [5.41, 5.74) is -1.51. The maximum Gasteiger partial charge on any atom is 0.0652 e. The summed E-state index contributed by atoms with van der Waals surface area (Å²) >= 11 is 0. The summed E-state index contributed by atoms with van der Waals surface area (Å²) < 4.78 is 192. The van der Waals surface area contributed by atoms with Crippen molar-refractivity contribution in [1.82, 2.24) is 13.7 Å². The molecule has 0 saturated heterocycles. The fraction of sp³-hybridized carbons (Fsp3) is 0. The van der Waals surface area contributed by atoms with Gasteiger partial charge in [0.1, 0.15) is 0 Å². The Labute approximate surface area is 357 Å². The molecule has 266 valence electrons. The lowest BCUT2D eigenvalue weighted by Crippen LogP contribution is -1.98. The summed E-state index contributed by atoms with van der Waals surface area (Å²) in [6.45, 7) is 0. The molecule has 0 aliphatic rings. The molecule has 12 aromatic rings. The Hall–Kier alpha value is -7.62. The Kier molecular flexibility index (Phi) is 3.91. The van der Waals surface area contributed by atoms with Crippen molar-refractivity contribution in [3.8, 4) is 39.3 Å². The predicted molar refractivity (Wildman–Crippen MR) is 240 cm³/mol. The highest BCUT2D eigenvalue weighted by atomic mass is 15.0. The normalized spacial score (nSPS) is 16.8. The molecule has 3 aromatic heterocycles. The standard InChI is InChI=1S/C54H35N3/c1-4-16-36(17-5-1)45-34-41(35-48-44-24-12-15-27-51(44)57(54(45)48)40-20-8-3-9-21-40)56-50-26-14-11-23-43(50)47-33-38(29-31-53(47)56)37-28-30-52-46(32-37)42-22-10-13-25-49(42)55(52)39-18-6-2-7-19-39/h1-35H/i10D,11D,12D,13D,14D,15D,22D,23D,24D,25D,26D,27D,28D,29D,30D,31D,32D,33D,34D,35D. The molecule has 3 nitrogen and oxygen atoms in total. The molecule has 0 radical (unpaired) electrons. The summed E-state index contributed by atoms with van der Waals surface area (Å²) in [5.74, 6) is 0. The van der Waals surface area contributed by atoms with Crippen LogP contribution in [0.2, 0.25) is 0 Å². The van der Waals surface area contributed by atoms with Crippen LogP contribution in [0.15, 0.2) is 212 Å². The first kappa shape index (κ1) is 17.9. The lowest BCUT2D eigenvalue weighted by Gasteiger charge is -2.15. The van der Waals surface area contributed by atoms with E-state index in [0.717, 1.165) is 4.57 Å². The molecule has 0 unspecified atom stereocenters. The number of hydrogen-bond acceptors (Lipinski definition) is 0. The molecule has 3 heteroatoms. The Balaban J connectivity index is 1.30. The van der Waals surface area contributed by atoms with Gasteiger partial charge in [-0.1, -0.05) is 133 Å². The van der Waals surface area contributed by atoms with Crippen LogP contribution in [0.3, 0.4) is 0 Å². The molecule has 0 N–H and O–H groups in total. The molecule has 0 amide bonds. The highest BCUT2D eigenvalue weighted by molar-refractivity contribution is 6.16. The smallest absolute Gasteiger partial charge is 0.0652 e. The van der Waals surface area contributed by atoms with Crippen LogP contribution in [0.25, 0.3) is 105 Å². The largest absolute Gasteiger partial charge is 0.309 e. The summed E-state index contributed by atoms with van der Waals surface area (Å²) in [6.07, 6.45) is 0. The van der Waals surface area contributed by atoms with Gasteiger partial charge in [0.15, 0.2) is 0 Å². The van der Waals surface area contributed by atoms with Crippen molar-refractivity contribution in [3.05, 3.63) is 212 Å². The van der Waals surface area contributed by atoms with E-state index in [-0.39, 0.29) is 49.2 Å². The van der Waals surface area contributed by atoms with Crippen LogP contribution in [0.4, 0.5) is 0 Å². The van der Waals surface area contributed by atoms with Gasteiger partial charge in [-0.2, -0.15) is 0 Å². The van der Waals surface area contributed by atoms with Crippen molar-refractivity contribution < 1.29 is 27.4 Å². The minimum absolute atomic E-state index is 0.0399. The predicted octanol–water partition coefficient (Wildman–Crippen LogP) is 14.3. The van der Waals surface area contributed by atoms with Gasteiger partial charge in [0.25, 0.3) is 0 Å². The second-order valence-corrected chi connectivity index (χ2v) is 13.4. The summed E-state index contributed by atoms with van der Waals surface area (Å²) in [5, 5.41) is -1.47. The topological polar surface area (TPSA) is 14.8 Å². The first-order valence-electron chi connectivity index (χ1n) is 28.0. The number of para-hydroxylation sites is 5. The first-order chi connectivity index (χ1) is 36.7. The maximum atomic E-state index is 10.3. The van der Waals surface area contributed by atoms with Gasteiger partial charge in [-0.15, -0.1) is 0 Å². The van der Waals surface area contributed by atoms with E-state index < -0.39 is 159 Å². The van der Waals surface area contributed by atoms with E-state index in [9.17, 15) is 16.4 Å². The monoisotopic (exact) mass is 745 g/mol. The summed E-state index contributed by atoms with van der Waals surface area (Å²) in [4.78, 5) is 0. The molecule has 0 aliphatic carbocycles. The molecular weight excluding hydrogens is 691 g/mol. The van der Waals surface area contributed by atoms with E-state index in [1.165, 1.54) is 4.57 Å². The van der Waals surface area contributed by atoms with Gasteiger partial charge in [0, 0.05) is 54.9 Å². The van der Waals surface area contributed by atoms with Crippen LogP contribution < -0.4 is 0 Å². The fourth-order valence-electron chi connectivity index (χ4n) is 7.78. The van der Waals surface area contributed by atoms with Gasteiger partial charge in [0.05, 0.1) is 60.5 Å². The Morgan fingerprint density at radius 1 is 0.298 bits per heavy atom. The van der Waals surface area contributed by atoms with E-state index in [0.29, 0.717) is 16.9 Å². The zero-order chi connectivity index (χ0) is 54.9. The summed E-state index contributed by atoms with van der Waals surface area (Å²) in [6, 6.07) is 12.3. The van der Waals surface area contributed by atoms with Crippen molar-refractivity contribution in [2.45, 2.75) is 0 Å². The highest BCUT2D eigenvalue weighted by Gasteiger charge is 2.21. The molecule has 9 aromatic carbocycles. The van der Waals surface area contributed by atoms with E-state index >= 15 is 0 Å². The second kappa shape index (κ2) is 12.5. The number of benzene rings is 9. The van der Waals surface area contributed by atoms with E-state index in [1.54, 1.807) is 95.6 Å². The number of fused-ring (bicyclic) bond motifs is 9. The van der Waals surface area contributed by atoms with Crippen LogP contribution in [0, 0.1) is 0 Å². The average molecular weight is 746 g/mol. The minimum atomic E-state index is -0.839. The molecule has 0 spiro atoms. The van der Waals surface area contributed by atoms with Gasteiger partial charge in [0.2, 0.25) is 0 Å².